The maximum atomic E-state index is 13.1. The lowest BCUT2D eigenvalue weighted by Gasteiger charge is -2.25. The van der Waals surface area contributed by atoms with Crippen LogP contribution in [0.25, 0.3) is 0 Å². The highest BCUT2D eigenvalue weighted by Crippen LogP contribution is 2.36. The van der Waals surface area contributed by atoms with Gasteiger partial charge in [-0.15, -0.1) is 0 Å². The largest absolute Gasteiger partial charge is 0.345 e. The minimum atomic E-state index is -0.0242. The van der Waals surface area contributed by atoms with E-state index in [1.807, 2.05) is 48.2 Å². The second-order valence-electron chi connectivity index (χ2n) is 7.90. The van der Waals surface area contributed by atoms with Gasteiger partial charge in [0.15, 0.2) is 0 Å². The summed E-state index contributed by atoms with van der Waals surface area (Å²) in [5.41, 5.74) is 3.91. The summed E-state index contributed by atoms with van der Waals surface area (Å²) < 4.78 is 0. The Labute approximate surface area is 166 Å². The third kappa shape index (κ3) is 3.68. The molecule has 1 atom stereocenters. The van der Waals surface area contributed by atoms with Gasteiger partial charge in [-0.25, -0.2) is 0 Å². The van der Waals surface area contributed by atoms with Crippen molar-refractivity contribution in [2.24, 2.45) is 5.92 Å². The predicted molar refractivity (Wildman–Crippen MR) is 111 cm³/mol. The van der Waals surface area contributed by atoms with Crippen LogP contribution < -0.4 is 10.2 Å². The molecule has 1 aliphatic heterocycles. The summed E-state index contributed by atoms with van der Waals surface area (Å²) in [5.74, 6) is 0.614. The van der Waals surface area contributed by atoms with Crippen LogP contribution in [-0.2, 0) is 11.2 Å². The van der Waals surface area contributed by atoms with Gasteiger partial charge in [0.05, 0.1) is 6.04 Å². The zero-order valence-electron chi connectivity index (χ0n) is 16.5. The number of nitrogens with zero attached hydrogens (tertiary/aromatic N) is 1. The smallest absolute Gasteiger partial charge is 0.251 e. The summed E-state index contributed by atoms with van der Waals surface area (Å²) in [6.07, 6.45) is 6.12. The second kappa shape index (κ2) is 8.17. The average Bonchev–Trinajstić information content (AvgIpc) is 3.41. The summed E-state index contributed by atoms with van der Waals surface area (Å²) in [5, 5.41) is 3.31. The van der Waals surface area contributed by atoms with Gasteiger partial charge in [-0.1, -0.05) is 50.1 Å². The zero-order valence-corrected chi connectivity index (χ0v) is 16.5. The molecule has 0 saturated heterocycles. The molecule has 2 aliphatic rings. The van der Waals surface area contributed by atoms with E-state index in [4.69, 9.17) is 0 Å². The molecule has 1 heterocycles. The molecule has 1 aliphatic carbocycles. The Balaban J connectivity index is 1.54. The fourth-order valence-electron chi connectivity index (χ4n) is 4.64. The summed E-state index contributed by atoms with van der Waals surface area (Å²) in [6.45, 7) is 2.59. The molecule has 0 radical (unpaired) electrons. The highest BCUT2D eigenvalue weighted by molar-refractivity contribution is 5.98. The van der Waals surface area contributed by atoms with Crippen LogP contribution in [0, 0.1) is 5.92 Å². The van der Waals surface area contributed by atoms with E-state index in [1.165, 1.54) is 18.4 Å². The topological polar surface area (TPSA) is 49.4 Å². The number of amides is 2. The number of benzene rings is 2. The van der Waals surface area contributed by atoms with Crippen molar-refractivity contribution in [2.75, 3.05) is 11.4 Å². The van der Waals surface area contributed by atoms with Crippen molar-refractivity contribution in [3.05, 3.63) is 65.2 Å². The van der Waals surface area contributed by atoms with Crippen molar-refractivity contribution in [2.45, 2.75) is 51.5 Å². The molecule has 2 aromatic carbocycles. The van der Waals surface area contributed by atoms with Crippen LogP contribution in [0.2, 0.25) is 0 Å². The van der Waals surface area contributed by atoms with E-state index in [9.17, 15) is 9.59 Å². The molecule has 146 valence electrons. The van der Waals surface area contributed by atoms with E-state index in [2.05, 4.69) is 17.4 Å². The van der Waals surface area contributed by atoms with Crippen LogP contribution in [0.3, 0.4) is 0 Å². The first-order valence-corrected chi connectivity index (χ1v) is 10.5. The lowest BCUT2D eigenvalue weighted by Crippen LogP contribution is -2.32. The average molecular weight is 377 g/mol. The summed E-state index contributed by atoms with van der Waals surface area (Å²) in [4.78, 5) is 27.0. The Kier molecular flexibility index (Phi) is 5.47. The summed E-state index contributed by atoms with van der Waals surface area (Å²) in [6, 6.07) is 16.1. The standard InChI is InChI=1S/C24H28N2O2/c1-2-22(27)26-15-14-19-16-20(12-13-21(19)26)24(28)25-23(18-10-6-7-11-18)17-8-4-3-5-9-17/h3-5,8-9,12-13,16,18,23H,2,6-7,10-11,14-15H2,1H3,(H,25,28). The van der Waals surface area contributed by atoms with Crippen LogP contribution in [0.4, 0.5) is 5.69 Å². The molecule has 4 heteroatoms. The quantitative estimate of drug-likeness (QED) is 0.826. The Hall–Kier alpha value is -2.62. The number of hydrogen-bond acceptors (Lipinski definition) is 2. The van der Waals surface area contributed by atoms with Gasteiger partial charge in [0.25, 0.3) is 5.91 Å². The minimum absolute atomic E-state index is 0.0242. The third-order valence-corrected chi connectivity index (χ3v) is 6.16. The Bertz CT molecular complexity index is 856. The Morgan fingerprint density at radius 3 is 2.57 bits per heavy atom. The highest BCUT2D eigenvalue weighted by Gasteiger charge is 2.29. The summed E-state index contributed by atoms with van der Waals surface area (Å²) >= 11 is 0. The van der Waals surface area contributed by atoms with Crippen LogP contribution in [0.1, 0.15) is 66.6 Å². The van der Waals surface area contributed by atoms with Gasteiger partial charge in [0, 0.05) is 24.2 Å². The van der Waals surface area contributed by atoms with Crippen molar-refractivity contribution in [1.82, 2.24) is 5.32 Å². The molecule has 1 fully saturated rings. The number of rotatable bonds is 5. The van der Waals surface area contributed by atoms with Crippen LogP contribution in [0.15, 0.2) is 48.5 Å². The molecule has 1 N–H and O–H groups in total. The van der Waals surface area contributed by atoms with Gasteiger partial charge in [-0.3, -0.25) is 9.59 Å². The van der Waals surface area contributed by atoms with Crippen molar-refractivity contribution >= 4 is 17.5 Å². The van der Waals surface area contributed by atoms with Gasteiger partial charge >= 0.3 is 0 Å². The first-order chi connectivity index (χ1) is 13.7. The van der Waals surface area contributed by atoms with Crippen LogP contribution >= 0.6 is 0 Å². The SMILES string of the molecule is CCC(=O)N1CCc2cc(C(=O)NC(c3ccccc3)C3CCCC3)ccc21. The number of carbonyl (C=O) groups excluding carboxylic acids is 2. The predicted octanol–water partition coefficient (Wildman–Crippen LogP) is 4.65. The number of carbonyl (C=O) groups is 2. The van der Waals surface area contributed by atoms with Crippen molar-refractivity contribution in [3.63, 3.8) is 0 Å². The molecule has 2 aromatic rings. The van der Waals surface area contributed by atoms with Crippen molar-refractivity contribution < 1.29 is 9.59 Å². The molecule has 4 nitrogen and oxygen atoms in total. The Morgan fingerprint density at radius 2 is 1.86 bits per heavy atom. The molecule has 1 saturated carbocycles. The molecule has 2 amide bonds. The lowest BCUT2D eigenvalue weighted by molar-refractivity contribution is -0.118. The van der Waals surface area contributed by atoms with E-state index >= 15 is 0 Å². The first-order valence-electron chi connectivity index (χ1n) is 10.5. The van der Waals surface area contributed by atoms with E-state index in [-0.39, 0.29) is 17.9 Å². The van der Waals surface area contributed by atoms with E-state index in [0.29, 0.717) is 24.4 Å². The number of fused-ring (bicyclic) bond motifs is 1. The number of hydrogen-bond donors (Lipinski definition) is 1. The van der Waals surface area contributed by atoms with E-state index in [0.717, 1.165) is 30.5 Å². The van der Waals surface area contributed by atoms with E-state index < -0.39 is 0 Å². The van der Waals surface area contributed by atoms with Gasteiger partial charge in [0.2, 0.25) is 5.91 Å². The molecule has 0 aromatic heterocycles. The number of nitrogens with one attached hydrogen (secondary N) is 1. The molecule has 0 spiro atoms. The molecular formula is C24H28N2O2. The van der Waals surface area contributed by atoms with Crippen LogP contribution in [0.5, 0.6) is 0 Å². The maximum Gasteiger partial charge on any atom is 0.251 e. The van der Waals surface area contributed by atoms with E-state index in [1.54, 1.807) is 0 Å². The minimum Gasteiger partial charge on any atom is -0.345 e. The van der Waals surface area contributed by atoms with Crippen LogP contribution in [-0.4, -0.2) is 18.4 Å². The molecule has 4 rings (SSSR count). The van der Waals surface area contributed by atoms with Gasteiger partial charge in [-0.2, -0.15) is 0 Å². The highest BCUT2D eigenvalue weighted by atomic mass is 16.2. The monoisotopic (exact) mass is 376 g/mol. The second-order valence-corrected chi connectivity index (χ2v) is 7.90. The fourth-order valence-corrected chi connectivity index (χ4v) is 4.64. The zero-order chi connectivity index (χ0) is 19.5. The van der Waals surface area contributed by atoms with Gasteiger partial charge < -0.3 is 10.2 Å². The van der Waals surface area contributed by atoms with Gasteiger partial charge in [-0.05, 0) is 54.5 Å². The molecule has 28 heavy (non-hydrogen) atoms. The fraction of sp³-hybridized carbons (Fsp3) is 0.417. The van der Waals surface area contributed by atoms with Gasteiger partial charge in [0.1, 0.15) is 0 Å². The number of anilines is 1. The Morgan fingerprint density at radius 1 is 1.11 bits per heavy atom. The normalized spacial score (nSPS) is 17.4. The maximum absolute atomic E-state index is 13.1. The molecule has 1 unspecified atom stereocenters. The van der Waals surface area contributed by atoms with Crippen molar-refractivity contribution in [3.8, 4) is 0 Å². The third-order valence-electron chi connectivity index (χ3n) is 6.16. The summed E-state index contributed by atoms with van der Waals surface area (Å²) in [7, 11) is 0. The molecular weight excluding hydrogens is 348 g/mol. The van der Waals surface area contributed by atoms with Crippen molar-refractivity contribution in [1.29, 1.82) is 0 Å². The first kappa shape index (κ1) is 18.7. The lowest BCUT2D eigenvalue weighted by atomic mass is 9.91. The molecule has 0 bridgehead atoms.